The molecule has 0 N–H and O–H groups in total. The van der Waals surface area contributed by atoms with E-state index < -0.39 is 0 Å². The minimum atomic E-state index is 0.434. The van der Waals surface area contributed by atoms with Crippen molar-refractivity contribution in [2.45, 2.75) is 38.0 Å². The van der Waals surface area contributed by atoms with Crippen LogP contribution in [-0.4, -0.2) is 4.98 Å². The molecule has 0 saturated heterocycles. The van der Waals surface area contributed by atoms with Gasteiger partial charge in [0.1, 0.15) is 0 Å². The van der Waals surface area contributed by atoms with E-state index in [0.29, 0.717) is 5.41 Å². The van der Waals surface area contributed by atoms with E-state index in [1.807, 2.05) is 6.20 Å². The summed E-state index contributed by atoms with van der Waals surface area (Å²) in [4.78, 5) is 5.69. The third-order valence-corrected chi connectivity index (χ3v) is 4.56. The fraction of sp³-hybridized carbons (Fsp3) is 0.667. The highest BCUT2D eigenvalue weighted by Crippen LogP contribution is 2.43. The molecule has 0 aromatic carbocycles. The van der Waals surface area contributed by atoms with E-state index in [1.54, 1.807) is 11.3 Å². The van der Waals surface area contributed by atoms with E-state index in [1.165, 1.54) is 30.6 Å². The number of aromatic nitrogens is 1. The average Bonchev–Trinajstić information content (AvgIpc) is 2.59. The molecule has 0 spiro atoms. The summed E-state index contributed by atoms with van der Waals surface area (Å²) in [5.41, 5.74) is 0.434. The third kappa shape index (κ3) is 1.44. The van der Waals surface area contributed by atoms with Gasteiger partial charge in [-0.3, -0.25) is 0 Å². The van der Waals surface area contributed by atoms with Gasteiger partial charge in [-0.15, -0.1) is 11.3 Å². The Morgan fingerprint density at radius 3 is 2.67 bits per heavy atom. The molecular formula is C9H12BrNS. The van der Waals surface area contributed by atoms with Crippen molar-refractivity contribution in [2.75, 3.05) is 0 Å². The number of nitrogens with zero attached hydrogens (tertiary/aromatic N) is 1. The summed E-state index contributed by atoms with van der Waals surface area (Å²) in [6, 6.07) is 0. The molecule has 0 amide bonds. The predicted octanol–water partition coefficient (Wildman–Crippen LogP) is 3.74. The fourth-order valence-corrected chi connectivity index (χ4v) is 3.40. The molecule has 1 aliphatic carbocycles. The Bertz CT molecular complexity index is 276. The van der Waals surface area contributed by atoms with Crippen LogP contribution >= 0.6 is 27.3 Å². The Labute approximate surface area is 85.3 Å². The van der Waals surface area contributed by atoms with Crippen molar-refractivity contribution < 1.29 is 0 Å². The Kier molecular flexibility index (Phi) is 2.25. The van der Waals surface area contributed by atoms with E-state index in [2.05, 4.69) is 27.8 Å². The lowest BCUT2D eigenvalue weighted by Crippen LogP contribution is -2.14. The highest BCUT2D eigenvalue weighted by Gasteiger charge is 2.32. The van der Waals surface area contributed by atoms with Gasteiger partial charge in [-0.2, -0.15) is 0 Å². The Morgan fingerprint density at radius 1 is 1.50 bits per heavy atom. The summed E-state index contributed by atoms with van der Waals surface area (Å²) in [5, 5.41) is 0. The highest BCUT2D eigenvalue weighted by atomic mass is 79.9. The molecule has 0 aliphatic heterocycles. The molecule has 2 rings (SSSR count). The maximum atomic E-state index is 4.24. The predicted molar refractivity (Wildman–Crippen MR) is 55.6 cm³/mol. The van der Waals surface area contributed by atoms with Crippen LogP contribution in [0.2, 0.25) is 0 Å². The quantitative estimate of drug-likeness (QED) is 0.735. The third-order valence-electron chi connectivity index (χ3n) is 2.78. The van der Waals surface area contributed by atoms with Crippen LogP contribution in [0.3, 0.4) is 0 Å². The molecule has 1 saturated carbocycles. The largest absolute Gasteiger partial charge is 0.237 e. The molecule has 1 heterocycles. The number of hydrogen-bond acceptors (Lipinski definition) is 2. The van der Waals surface area contributed by atoms with Crippen LogP contribution in [0.15, 0.2) is 10.1 Å². The van der Waals surface area contributed by atoms with Gasteiger partial charge < -0.3 is 0 Å². The Balaban J connectivity index is 2.28. The topological polar surface area (TPSA) is 12.9 Å². The molecular weight excluding hydrogens is 234 g/mol. The molecule has 0 radical (unpaired) electrons. The first-order valence-corrected chi connectivity index (χ1v) is 5.93. The maximum absolute atomic E-state index is 4.24. The molecule has 0 unspecified atom stereocenters. The second kappa shape index (κ2) is 3.11. The maximum Gasteiger partial charge on any atom is 0.159 e. The molecule has 1 aromatic rings. The van der Waals surface area contributed by atoms with Crippen molar-refractivity contribution in [3.63, 3.8) is 0 Å². The van der Waals surface area contributed by atoms with Crippen LogP contribution in [0.25, 0.3) is 0 Å². The Hall–Kier alpha value is 0.110. The number of rotatable bonds is 1. The van der Waals surface area contributed by atoms with Gasteiger partial charge in [-0.25, -0.2) is 4.98 Å². The van der Waals surface area contributed by atoms with E-state index in [-0.39, 0.29) is 0 Å². The SMILES string of the molecule is CC1(c2cnc(Br)s2)CCCC1. The van der Waals surface area contributed by atoms with Crippen molar-refractivity contribution in [1.29, 1.82) is 0 Å². The minimum Gasteiger partial charge on any atom is -0.237 e. The van der Waals surface area contributed by atoms with Crippen molar-refractivity contribution in [1.82, 2.24) is 4.98 Å². The summed E-state index contributed by atoms with van der Waals surface area (Å²) >= 11 is 5.20. The molecule has 1 nitrogen and oxygen atoms in total. The molecule has 66 valence electrons. The van der Waals surface area contributed by atoms with Crippen LogP contribution in [-0.2, 0) is 5.41 Å². The van der Waals surface area contributed by atoms with Crippen molar-refractivity contribution in [3.8, 4) is 0 Å². The molecule has 0 bridgehead atoms. The summed E-state index contributed by atoms with van der Waals surface area (Å²) < 4.78 is 1.02. The lowest BCUT2D eigenvalue weighted by Gasteiger charge is -2.20. The summed E-state index contributed by atoms with van der Waals surface area (Å²) in [7, 11) is 0. The second-order valence-electron chi connectivity index (χ2n) is 3.75. The van der Waals surface area contributed by atoms with E-state index in [9.17, 15) is 0 Å². The zero-order valence-electron chi connectivity index (χ0n) is 7.14. The van der Waals surface area contributed by atoms with E-state index >= 15 is 0 Å². The van der Waals surface area contributed by atoms with Gasteiger partial charge in [-0.05, 0) is 28.8 Å². The molecule has 1 fully saturated rings. The van der Waals surface area contributed by atoms with Gasteiger partial charge in [0, 0.05) is 16.5 Å². The molecule has 0 atom stereocenters. The van der Waals surface area contributed by atoms with Crippen LogP contribution in [0, 0.1) is 0 Å². The summed E-state index contributed by atoms with van der Waals surface area (Å²) in [5.74, 6) is 0. The van der Waals surface area contributed by atoms with Crippen LogP contribution in [0.5, 0.6) is 0 Å². The van der Waals surface area contributed by atoms with Gasteiger partial charge in [0.15, 0.2) is 3.92 Å². The molecule has 1 aliphatic rings. The second-order valence-corrected chi connectivity index (χ2v) is 6.05. The molecule has 3 heteroatoms. The average molecular weight is 246 g/mol. The van der Waals surface area contributed by atoms with Crippen molar-refractivity contribution >= 4 is 27.3 Å². The normalized spacial score (nSPS) is 21.5. The molecule has 12 heavy (non-hydrogen) atoms. The monoisotopic (exact) mass is 245 g/mol. The molecule has 1 aromatic heterocycles. The standard InChI is InChI=1S/C9H12BrNS/c1-9(4-2-3-5-9)7-6-11-8(10)12-7/h6H,2-5H2,1H3. The van der Waals surface area contributed by atoms with Crippen LogP contribution in [0.1, 0.15) is 37.5 Å². The zero-order chi connectivity index (χ0) is 8.60. The number of halogens is 1. The van der Waals surface area contributed by atoms with Crippen LogP contribution in [0.4, 0.5) is 0 Å². The van der Waals surface area contributed by atoms with Crippen molar-refractivity contribution in [2.24, 2.45) is 0 Å². The summed E-state index contributed by atoms with van der Waals surface area (Å²) in [6.45, 7) is 2.36. The van der Waals surface area contributed by atoms with Gasteiger partial charge in [0.05, 0.1) is 0 Å². The lowest BCUT2D eigenvalue weighted by molar-refractivity contribution is 0.501. The first-order chi connectivity index (χ1) is 5.71. The fourth-order valence-electron chi connectivity index (χ4n) is 1.93. The lowest BCUT2D eigenvalue weighted by atomic mass is 9.88. The van der Waals surface area contributed by atoms with Crippen LogP contribution < -0.4 is 0 Å². The van der Waals surface area contributed by atoms with Gasteiger partial charge >= 0.3 is 0 Å². The minimum absolute atomic E-state index is 0.434. The van der Waals surface area contributed by atoms with E-state index in [0.717, 1.165) is 3.92 Å². The first kappa shape index (κ1) is 8.70. The zero-order valence-corrected chi connectivity index (χ0v) is 9.54. The smallest absolute Gasteiger partial charge is 0.159 e. The highest BCUT2D eigenvalue weighted by molar-refractivity contribution is 9.11. The van der Waals surface area contributed by atoms with E-state index in [4.69, 9.17) is 0 Å². The van der Waals surface area contributed by atoms with Crippen molar-refractivity contribution in [3.05, 3.63) is 15.0 Å². The summed E-state index contributed by atoms with van der Waals surface area (Å²) in [6.07, 6.45) is 7.46. The van der Waals surface area contributed by atoms with Gasteiger partial charge in [0.25, 0.3) is 0 Å². The number of thiazole rings is 1. The first-order valence-electron chi connectivity index (χ1n) is 4.32. The van der Waals surface area contributed by atoms with Gasteiger partial charge in [-0.1, -0.05) is 19.8 Å². The number of hydrogen-bond donors (Lipinski definition) is 0. The van der Waals surface area contributed by atoms with Gasteiger partial charge in [0.2, 0.25) is 0 Å². The Morgan fingerprint density at radius 2 is 2.17 bits per heavy atom.